The molecule has 4 N–H and O–H groups in total. The minimum Gasteiger partial charge on any atom is -0.475 e. The van der Waals surface area contributed by atoms with Crippen molar-refractivity contribution in [2.45, 2.75) is 44.1 Å². The molecule has 1 aromatic carbocycles. The highest BCUT2D eigenvalue weighted by Gasteiger charge is 2.38. The topological polar surface area (TPSA) is 119 Å². The zero-order valence-corrected chi connectivity index (χ0v) is 20.6. The number of anilines is 2. The molecule has 1 unspecified atom stereocenters. The fourth-order valence-corrected chi connectivity index (χ4v) is 4.60. The number of amides is 1. The molecule has 2 fully saturated rings. The molecule has 0 spiro atoms. The number of carboxylic acids is 2. The van der Waals surface area contributed by atoms with Crippen LogP contribution in [0.2, 0.25) is 0 Å². The average molecular weight is 570 g/mol. The number of nitrogens with zero attached hydrogens (tertiary/aromatic N) is 1. The molecule has 2 aromatic rings. The second kappa shape index (κ2) is 13.5. The second-order valence-corrected chi connectivity index (χ2v) is 9.24. The first-order valence-corrected chi connectivity index (χ1v) is 12.1. The molecule has 3 heterocycles. The summed E-state index contributed by atoms with van der Waals surface area (Å²) in [6, 6.07) is 12.6. The maximum Gasteiger partial charge on any atom is 0.490 e. The second-order valence-electron chi connectivity index (χ2n) is 8.12. The Hall–Kier alpha value is -3.33. The van der Waals surface area contributed by atoms with Crippen LogP contribution in [0, 0.1) is 0 Å². The van der Waals surface area contributed by atoms with Gasteiger partial charge in [0.15, 0.2) is 0 Å². The summed E-state index contributed by atoms with van der Waals surface area (Å²) in [4.78, 5) is 34.9. The number of carbonyl (C=O) groups is 3. The molecule has 1 amide bonds. The van der Waals surface area contributed by atoms with Gasteiger partial charge in [-0.25, -0.2) is 9.59 Å². The molecule has 38 heavy (non-hydrogen) atoms. The van der Waals surface area contributed by atoms with Gasteiger partial charge < -0.3 is 25.7 Å². The molecule has 2 aliphatic rings. The lowest BCUT2D eigenvalue weighted by atomic mass is 10.2. The number of carboxylic acid groups (broad SMARTS) is 2. The van der Waals surface area contributed by atoms with Crippen LogP contribution in [-0.4, -0.2) is 60.0 Å². The highest BCUT2D eigenvalue weighted by Crippen LogP contribution is 2.32. The van der Waals surface area contributed by atoms with Crippen LogP contribution < -0.4 is 15.5 Å². The van der Waals surface area contributed by atoms with Gasteiger partial charge in [-0.3, -0.25) is 4.79 Å². The van der Waals surface area contributed by atoms with Crippen molar-refractivity contribution in [1.29, 1.82) is 0 Å². The Bertz CT molecular complexity index is 1070. The first kappa shape index (κ1) is 30.9. The highest BCUT2D eigenvalue weighted by atomic mass is 32.1. The Morgan fingerprint density at radius 2 is 1.45 bits per heavy atom. The van der Waals surface area contributed by atoms with Gasteiger partial charge in [-0.1, -0.05) is 12.1 Å². The van der Waals surface area contributed by atoms with E-state index < -0.39 is 24.3 Å². The van der Waals surface area contributed by atoms with Crippen LogP contribution in [0.15, 0.2) is 36.4 Å². The molecule has 2 saturated heterocycles. The summed E-state index contributed by atoms with van der Waals surface area (Å²) < 4.78 is 63.5. The van der Waals surface area contributed by atoms with Gasteiger partial charge in [0.1, 0.15) is 0 Å². The fraction of sp³-hybridized carbons (Fsp3) is 0.435. The van der Waals surface area contributed by atoms with Crippen molar-refractivity contribution in [3.05, 3.63) is 46.2 Å². The minimum absolute atomic E-state index is 0.00380. The molecule has 8 nitrogen and oxygen atoms in total. The summed E-state index contributed by atoms with van der Waals surface area (Å²) >= 11 is 1.61. The zero-order valence-electron chi connectivity index (χ0n) is 19.7. The van der Waals surface area contributed by atoms with Gasteiger partial charge in [0.2, 0.25) is 0 Å². The molecule has 0 radical (unpaired) electrons. The Morgan fingerprint density at radius 1 is 0.895 bits per heavy atom. The number of carbonyl (C=O) groups excluding carboxylic acids is 1. The molecular formula is C23H25F6N3O5S. The van der Waals surface area contributed by atoms with Crippen molar-refractivity contribution >= 4 is 40.6 Å². The van der Waals surface area contributed by atoms with Gasteiger partial charge in [-0.2, -0.15) is 26.3 Å². The first-order valence-electron chi connectivity index (χ1n) is 11.3. The SMILES string of the molecule is O=C(Nc1ccccc1N1CCCC1)c1ccc(C2CCCN2)s1.O=C(O)C(F)(F)F.O=C(O)C(F)(F)F. The molecule has 0 aliphatic carbocycles. The smallest absolute Gasteiger partial charge is 0.475 e. The molecular weight excluding hydrogens is 544 g/mol. The van der Waals surface area contributed by atoms with Crippen molar-refractivity contribution in [2.24, 2.45) is 0 Å². The van der Waals surface area contributed by atoms with E-state index in [2.05, 4.69) is 27.7 Å². The molecule has 0 saturated carbocycles. The first-order chi connectivity index (χ1) is 17.7. The maximum atomic E-state index is 12.7. The van der Waals surface area contributed by atoms with Gasteiger partial charge in [0.25, 0.3) is 5.91 Å². The van der Waals surface area contributed by atoms with Crippen LogP contribution in [0.5, 0.6) is 0 Å². The van der Waals surface area contributed by atoms with E-state index in [1.165, 1.54) is 30.6 Å². The summed E-state index contributed by atoms with van der Waals surface area (Å²) in [6.07, 6.45) is -5.33. The van der Waals surface area contributed by atoms with Crippen LogP contribution in [0.1, 0.15) is 46.3 Å². The number of nitrogens with one attached hydrogen (secondary N) is 2. The van der Waals surface area contributed by atoms with Crippen LogP contribution in [0.4, 0.5) is 37.7 Å². The number of alkyl halides is 6. The molecule has 210 valence electrons. The molecule has 15 heteroatoms. The number of halogens is 6. The fourth-order valence-electron chi connectivity index (χ4n) is 3.59. The van der Waals surface area contributed by atoms with E-state index in [9.17, 15) is 31.1 Å². The number of hydrogen-bond acceptors (Lipinski definition) is 6. The average Bonchev–Trinajstić information content (AvgIpc) is 3.62. The van der Waals surface area contributed by atoms with Crippen LogP contribution in [0.3, 0.4) is 0 Å². The van der Waals surface area contributed by atoms with Crippen molar-refractivity contribution in [1.82, 2.24) is 5.32 Å². The third-order valence-corrected chi connectivity index (χ3v) is 6.54. The maximum absolute atomic E-state index is 12.7. The van der Waals surface area contributed by atoms with Crippen LogP contribution in [0.25, 0.3) is 0 Å². The minimum atomic E-state index is -5.08. The van der Waals surface area contributed by atoms with E-state index in [4.69, 9.17) is 19.8 Å². The third-order valence-electron chi connectivity index (χ3n) is 5.34. The molecule has 0 bridgehead atoms. The summed E-state index contributed by atoms with van der Waals surface area (Å²) in [5, 5.41) is 20.9. The van der Waals surface area contributed by atoms with E-state index in [0.29, 0.717) is 6.04 Å². The summed E-state index contributed by atoms with van der Waals surface area (Å²) in [7, 11) is 0. The van der Waals surface area contributed by atoms with Crippen molar-refractivity contribution in [3.63, 3.8) is 0 Å². The van der Waals surface area contributed by atoms with Crippen molar-refractivity contribution in [3.8, 4) is 0 Å². The zero-order chi connectivity index (χ0) is 28.5. The lowest BCUT2D eigenvalue weighted by molar-refractivity contribution is -0.193. The number of aliphatic carboxylic acids is 2. The Kier molecular flexibility index (Phi) is 10.9. The lowest BCUT2D eigenvalue weighted by Gasteiger charge is -2.21. The number of hydrogen-bond donors (Lipinski definition) is 4. The predicted octanol–water partition coefficient (Wildman–Crippen LogP) is 5.29. The summed E-state index contributed by atoms with van der Waals surface area (Å²) in [5.41, 5.74) is 2.05. The predicted molar refractivity (Wildman–Crippen MR) is 128 cm³/mol. The normalized spacial score (nSPS) is 17.1. The standard InChI is InChI=1S/C19H23N3OS.2C2HF3O2/c23-19(18-10-9-17(24-18)15-7-5-11-20-15)21-14-6-1-2-8-16(14)22-12-3-4-13-22;2*3-2(4,5)1(6)7/h1-2,6,8-10,15,20H,3-5,7,11-13H2,(H,21,23);2*(H,6,7). The number of benzene rings is 1. The van der Waals surface area contributed by atoms with Gasteiger partial charge >= 0.3 is 24.3 Å². The monoisotopic (exact) mass is 569 g/mol. The van der Waals surface area contributed by atoms with Gasteiger partial charge in [-0.15, -0.1) is 11.3 Å². The van der Waals surface area contributed by atoms with E-state index in [1.807, 2.05) is 24.3 Å². The highest BCUT2D eigenvalue weighted by molar-refractivity contribution is 7.14. The Labute approximate surface area is 217 Å². The molecule has 1 aromatic heterocycles. The molecule has 1 atom stereocenters. The number of thiophene rings is 1. The molecule has 2 aliphatic heterocycles. The van der Waals surface area contributed by atoms with Crippen molar-refractivity contribution in [2.75, 3.05) is 29.9 Å². The van der Waals surface area contributed by atoms with Gasteiger partial charge in [-0.05, 0) is 56.5 Å². The summed E-state index contributed by atoms with van der Waals surface area (Å²) in [6.45, 7) is 3.22. The lowest BCUT2D eigenvalue weighted by Crippen LogP contribution is -2.21. The van der Waals surface area contributed by atoms with E-state index in [-0.39, 0.29) is 5.91 Å². The quantitative estimate of drug-likeness (QED) is 0.370. The van der Waals surface area contributed by atoms with E-state index in [0.717, 1.165) is 35.9 Å². The number of para-hydroxylation sites is 2. The van der Waals surface area contributed by atoms with E-state index in [1.54, 1.807) is 11.3 Å². The third kappa shape index (κ3) is 9.52. The summed E-state index contributed by atoms with van der Waals surface area (Å²) in [5.74, 6) is -5.52. The van der Waals surface area contributed by atoms with Crippen LogP contribution >= 0.6 is 11.3 Å². The largest absolute Gasteiger partial charge is 0.490 e. The Morgan fingerprint density at radius 3 is 1.95 bits per heavy atom. The Balaban J connectivity index is 0.000000301. The van der Waals surface area contributed by atoms with Crippen molar-refractivity contribution < 1.29 is 50.9 Å². The van der Waals surface area contributed by atoms with Gasteiger partial charge in [0, 0.05) is 24.0 Å². The van der Waals surface area contributed by atoms with E-state index >= 15 is 0 Å². The van der Waals surface area contributed by atoms with Crippen LogP contribution in [-0.2, 0) is 9.59 Å². The molecule has 4 rings (SSSR count). The number of rotatable bonds is 4. The van der Waals surface area contributed by atoms with Gasteiger partial charge in [0.05, 0.1) is 16.3 Å².